The number of aromatic nitrogens is 3. The molecule has 7 heteroatoms. The highest BCUT2D eigenvalue weighted by molar-refractivity contribution is 6.02. The molecule has 0 aliphatic carbocycles. The monoisotopic (exact) mass is 340 g/mol. The van der Waals surface area contributed by atoms with Gasteiger partial charge in [-0.2, -0.15) is 0 Å². The van der Waals surface area contributed by atoms with E-state index in [1.807, 2.05) is 12.1 Å². The maximum absolute atomic E-state index is 13.2. The number of carbonyl (C=O) groups is 1. The third-order valence-corrected chi connectivity index (χ3v) is 3.62. The lowest BCUT2D eigenvalue weighted by molar-refractivity contribution is 0.102. The summed E-state index contributed by atoms with van der Waals surface area (Å²) in [7, 11) is 0. The number of hydrogen-bond acceptors (Lipinski definition) is 4. The second-order valence-corrected chi connectivity index (χ2v) is 5.56. The van der Waals surface area contributed by atoms with Gasteiger partial charge in [-0.3, -0.25) is 4.79 Å². The van der Waals surface area contributed by atoms with Crippen molar-refractivity contribution in [1.29, 1.82) is 0 Å². The minimum atomic E-state index is -0.375. The Balaban J connectivity index is 1.64. The van der Waals surface area contributed by atoms with Crippen molar-refractivity contribution in [1.82, 2.24) is 15.0 Å². The summed E-state index contributed by atoms with van der Waals surface area (Å²) in [6.45, 7) is 0.411. The molecule has 1 heterocycles. The molecule has 128 valence electrons. The van der Waals surface area contributed by atoms with Crippen molar-refractivity contribution >= 4 is 11.6 Å². The lowest BCUT2D eigenvalue weighted by Gasteiger charge is -2.04. The van der Waals surface area contributed by atoms with E-state index in [1.54, 1.807) is 24.3 Å². The summed E-state index contributed by atoms with van der Waals surface area (Å²) < 4.78 is 14.7. The van der Waals surface area contributed by atoms with Crippen LogP contribution in [0.3, 0.4) is 0 Å². The molecule has 0 aliphatic rings. The van der Waals surface area contributed by atoms with Gasteiger partial charge in [-0.1, -0.05) is 29.5 Å². The number of anilines is 1. The van der Waals surface area contributed by atoms with E-state index >= 15 is 0 Å². The molecule has 1 amide bonds. The first-order chi connectivity index (χ1) is 12.1. The molecule has 25 heavy (non-hydrogen) atoms. The van der Waals surface area contributed by atoms with Crippen molar-refractivity contribution in [2.75, 3.05) is 11.9 Å². The molecule has 0 unspecified atom stereocenters. The van der Waals surface area contributed by atoms with E-state index in [2.05, 4.69) is 15.6 Å². The van der Waals surface area contributed by atoms with Gasteiger partial charge in [-0.15, -0.1) is 5.10 Å². The molecule has 2 N–H and O–H groups in total. The van der Waals surface area contributed by atoms with Gasteiger partial charge in [0.1, 0.15) is 5.82 Å². The van der Waals surface area contributed by atoms with Gasteiger partial charge in [0.2, 0.25) is 0 Å². The van der Waals surface area contributed by atoms with Crippen LogP contribution < -0.4 is 5.32 Å². The summed E-state index contributed by atoms with van der Waals surface area (Å²) in [4.78, 5) is 12.2. The van der Waals surface area contributed by atoms with E-state index in [9.17, 15) is 9.18 Å². The molecule has 0 aliphatic heterocycles. The van der Waals surface area contributed by atoms with Crippen LogP contribution in [0.2, 0.25) is 0 Å². The Hall–Kier alpha value is -3.06. The molecular weight excluding hydrogens is 323 g/mol. The molecule has 3 aromatic rings. The van der Waals surface area contributed by atoms with Crippen molar-refractivity contribution in [3.05, 3.63) is 77.4 Å². The Bertz CT molecular complexity index is 862. The van der Waals surface area contributed by atoms with Crippen LogP contribution in [0.4, 0.5) is 10.1 Å². The number of hydrogen-bond donors (Lipinski definition) is 2. The smallest absolute Gasteiger partial charge is 0.277 e. The number of aliphatic hydroxyl groups excluding tert-OH is 1. The predicted octanol–water partition coefficient (Wildman–Crippen LogP) is 2.25. The summed E-state index contributed by atoms with van der Waals surface area (Å²) in [6, 6.07) is 13.4. The molecule has 1 aromatic heterocycles. The van der Waals surface area contributed by atoms with Gasteiger partial charge in [0, 0.05) is 12.3 Å². The number of benzene rings is 2. The SMILES string of the molecule is O=C(Nc1ccc(CCO)cc1)c1cn(Cc2cccc(F)c2)nn1. The third-order valence-electron chi connectivity index (χ3n) is 3.62. The number of carbonyl (C=O) groups excluding carboxylic acids is 1. The predicted molar refractivity (Wildman–Crippen MR) is 90.7 cm³/mol. The Morgan fingerprint density at radius 3 is 2.68 bits per heavy atom. The average Bonchev–Trinajstić information content (AvgIpc) is 3.05. The first-order valence-corrected chi connectivity index (χ1v) is 7.80. The lowest BCUT2D eigenvalue weighted by atomic mass is 10.1. The fourth-order valence-electron chi connectivity index (χ4n) is 2.38. The highest BCUT2D eigenvalue weighted by Crippen LogP contribution is 2.11. The maximum Gasteiger partial charge on any atom is 0.277 e. The highest BCUT2D eigenvalue weighted by atomic mass is 19.1. The molecule has 0 atom stereocenters. The summed E-state index contributed by atoms with van der Waals surface area (Å²) in [5, 5.41) is 19.4. The van der Waals surface area contributed by atoms with E-state index in [0.717, 1.165) is 11.1 Å². The maximum atomic E-state index is 13.2. The average molecular weight is 340 g/mol. The number of nitrogens with one attached hydrogen (secondary N) is 1. The summed E-state index contributed by atoms with van der Waals surface area (Å²) >= 11 is 0. The number of halogens is 1. The fourth-order valence-corrected chi connectivity index (χ4v) is 2.38. The quantitative estimate of drug-likeness (QED) is 0.721. The van der Waals surface area contributed by atoms with E-state index in [-0.39, 0.29) is 24.0 Å². The largest absolute Gasteiger partial charge is 0.396 e. The van der Waals surface area contributed by atoms with Crippen LogP contribution in [0.5, 0.6) is 0 Å². The molecule has 3 rings (SSSR count). The van der Waals surface area contributed by atoms with Crippen LogP contribution >= 0.6 is 0 Å². The molecule has 0 bridgehead atoms. The van der Waals surface area contributed by atoms with E-state index < -0.39 is 0 Å². The molecule has 6 nitrogen and oxygen atoms in total. The molecule has 2 aromatic carbocycles. The van der Waals surface area contributed by atoms with Crippen LogP contribution in [0.1, 0.15) is 21.6 Å². The summed E-state index contributed by atoms with van der Waals surface area (Å²) in [5.74, 6) is -0.694. The number of rotatable bonds is 6. The van der Waals surface area contributed by atoms with Crippen LogP contribution in [-0.2, 0) is 13.0 Å². The standard InChI is InChI=1S/C18H17FN4O2/c19-15-3-1-2-14(10-15)11-23-12-17(21-22-23)18(25)20-16-6-4-13(5-7-16)8-9-24/h1-7,10,12,24H,8-9,11H2,(H,20,25). The first kappa shape index (κ1) is 16.8. The molecular formula is C18H17FN4O2. The minimum absolute atomic E-state index is 0.0835. The number of aliphatic hydroxyl groups is 1. The van der Waals surface area contributed by atoms with Gasteiger partial charge in [-0.25, -0.2) is 9.07 Å². The van der Waals surface area contributed by atoms with E-state index in [0.29, 0.717) is 18.7 Å². The van der Waals surface area contributed by atoms with Crippen LogP contribution in [0.15, 0.2) is 54.7 Å². The van der Waals surface area contributed by atoms with Crippen molar-refractivity contribution < 1.29 is 14.3 Å². The van der Waals surface area contributed by atoms with Gasteiger partial charge < -0.3 is 10.4 Å². The molecule has 0 fully saturated rings. The van der Waals surface area contributed by atoms with Crippen molar-refractivity contribution in [2.24, 2.45) is 0 Å². The van der Waals surface area contributed by atoms with Crippen molar-refractivity contribution in [3.63, 3.8) is 0 Å². The summed E-state index contributed by atoms with van der Waals surface area (Å²) in [5.41, 5.74) is 2.53. The zero-order chi connectivity index (χ0) is 17.6. The third kappa shape index (κ3) is 4.48. The van der Waals surface area contributed by atoms with Crippen LogP contribution in [0.25, 0.3) is 0 Å². The number of nitrogens with zero attached hydrogens (tertiary/aromatic N) is 3. The van der Waals surface area contributed by atoms with Crippen molar-refractivity contribution in [2.45, 2.75) is 13.0 Å². The van der Waals surface area contributed by atoms with E-state index in [1.165, 1.54) is 23.0 Å². The Morgan fingerprint density at radius 2 is 1.96 bits per heavy atom. The fraction of sp³-hybridized carbons (Fsp3) is 0.167. The minimum Gasteiger partial charge on any atom is -0.396 e. The zero-order valence-corrected chi connectivity index (χ0v) is 13.4. The molecule has 0 spiro atoms. The topological polar surface area (TPSA) is 80.0 Å². The lowest BCUT2D eigenvalue weighted by Crippen LogP contribution is -2.12. The second kappa shape index (κ2) is 7.67. The van der Waals surface area contributed by atoms with E-state index in [4.69, 9.17) is 5.11 Å². The van der Waals surface area contributed by atoms with Gasteiger partial charge in [0.15, 0.2) is 5.69 Å². The van der Waals surface area contributed by atoms with Crippen molar-refractivity contribution in [3.8, 4) is 0 Å². The first-order valence-electron chi connectivity index (χ1n) is 7.80. The van der Waals surface area contributed by atoms with Gasteiger partial charge in [0.05, 0.1) is 12.7 Å². The van der Waals surface area contributed by atoms with Crippen LogP contribution in [-0.4, -0.2) is 32.6 Å². The summed E-state index contributed by atoms with van der Waals surface area (Å²) in [6.07, 6.45) is 2.09. The Morgan fingerprint density at radius 1 is 1.16 bits per heavy atom. The van der Waals surface area contributed by atoms with Crippen LogP contribution in [0, 0.1) is 5.82 Å². The Kier molecular flexibility index (Phi) is 5.15. The van der Waals surface area contributed by atoms with Gasteiger partial charge in [0.25, 0.3) is 5.91 Å². The molecule has 0 radical (unpaired) electrons. The zero-order valence-electron chi connectivity index (χ0n) is 13.4. The van der Waals surface area contributed by atoms with Gasteiger partial charge in [-0.05, 0) is 41.8 Å². The normalized spacial score (nSPS) is 10.6. The Labute approximate surface area is 143 Å². The number of amides is 1. The second-order valence-electron chi connectivity index (χ2n) is 5.56. The molecule has 0 saturated carbocycles. The highest BCUT2D eigenvalue weighted by Gasteiger charge is 2.11. The van der Waals surface area contributed by atoms with Gasteiger partial charge >= 0.3 is 0 Å². The molecule has 0 saturated heterocycles.